The van der Waals surface area contributed by atoms with Gasteiger partial charge in [0, 0.05) is 18.0 Å². The molecule has 0 aliphatic rings. The van der Waals surface area contributed by atoms with Gasteiger partial charge in [0.25, 0.3) is 0 Å². The molecule has 0 aliphatic carbocycles. The predicted octanol–water partition coefficient (Wildman–Crippen LogP) is 3.96. The molecule has 24 heavy (non-hydrogen) atoms. The molecular weight excluding hydrogens is 324 g/mol. The fourth-order valence-electron chi connectivity index (χ4n) is 2.56. The lowest BCUT2D eigenvalue weighted by Crippen LogP contribution is -2.37. The van der Waals surface area contributed by atoms with Crippen molar-refractivity contribution >= 4 is 18.3 Å². The average molecular weight is 357 g/mol. The van der Waals surface area contributed by atoms with E-state index in [9.17, 15) is 4.79 Å². The number of carbonyl (C=O) groups excluding carboxylic acids is 1. The number of halogens is 1. The number of carbonyl (C=O) groups is 1. The molecule has 0 spiro atoms. The highest BCUT2D eigenvalue weighted by Crippen LogP contribution is 2.30. The fraction of sp³-hybridized carbons (Fsp3) is 0.632. The standard InChI is InChI=1S/C19H32N2O2.ClH/c1-6-11-23-18-10-8-7-9-16(18)17(12-14(2)3)21-19(22)15(4)13-20-5;/h7-10,14-15,17,20H,6,11-13H2,1-5H3,(H,21,22);1H. The van der Waals surface area contributed by atoms with Gasteiger partial charge in [0.05, 0.1) is 12.6 Å². The monoisotopic (exact) mass is 356 g/mol. The van der Waals surface area contributed by atoms with Crippen LogP contribution in [0.3, 0.4) is 0 Å². The number of para-hydroxylation sites is 1. The van der Waals surface area contributed by atoms with Gasteiger partial charge in [-0.2, -0.15) is 0 Å². The van der Waals surface area contributed by atoms with Crippen LogP contribution in [-0.2, 0) is 4.79 Å². The van der Waals surface area contributed by atoms with Crippen molar-refractivity contribution in [1.82, 2.24) is 10.6 Å². The lowest BCUT2D eigenvalue weighted by atomic mass is 9.95. The molecule has 0 aliphatic heterocycles. The molecule has 1 amide bonds. The average Bonchev–Trinajstić information content (AvgIpc) is 2.52. The number of benzene rings is 1. The van der Waals surface area contributed by atoms with E-state index in [1.54, 1.807) is 0 Å². The van der Waals surface area contributed by atoms with Gasteiger partial charge in [-0.1, -0.05) is 45.9 Å². The van der Waals surface area contributed by atoms with Crippen molar-refractivity contribution in [3.05, 3.63) is 29.8 Å². The van der Waals surface area contributed by atoms with Crippen LogP contribution < -0.4 is 15.4 Å². The molecule has 0 fully saturated rings. The molecule has 1 aromatic carbocycles. The molecule has 0 radical (unpaired) electrons. The second kappa shape index (κ2) is 12.2. The minimum Gasteiger partial charge on any atom is -0.493 e. The van der Waals surface area contributed by atoms with Crippen LogP contribution in [0.2, 0.25) is 0 Å². The zero-order valence-electron chi connectivity index (χ0n) is 15.6. The van der Waals surface area contributed by atoms with E-state index in [0.717, 1.165) is 24.2 Å². The highest BCUT2D eigenvalue weighted by molar-refractivity contribution is 5.85. The van der Waals surface area contributed by atoms with Crippen LogP contribution in [0.5, 0.6) is 5.75 Å². The van der Waals surface area contributed by atoms with Crippen LogP contribution in [0.1, 0.15) is 52.1 Å². The Hall–Kier alpha value is -1.26. The van der Waals surface area contributed by atoms with Crippen molar-refractivity contribution in [3.63, 3.8) is 0 Å². The van der Waals surface area contributed by atoms with Gasteiger partial charge < -0.3 is 15.4 Å². The number of hydrogen-bond acceptors (Lipinski definition) is 3. The fourth-order valence-corrected chi connectivity index (χ4v) is 2.56. The highest BCUT2D eigenvalue weighted by atomic mass is 35.5. The maximum absolute atomic E-state index is 12.4. The van der Waals surface area contributed by atoms with Crippen LogP contribution in [0, 0.1) is 11.8 Å². The Morgan fingerprint density at radius 2 is 1.88 bits per heavy atom. The van der Waals surface area contributed by atoms with E-state index < -0.39 is 0 Å². The van der Waals surface area contributed by atoms with E-state index in [1.165, 1.54) is 0 Å². The maximum atomic E-state index is 12.4. The molecule has 2 unspecified atom stereocenters. The molecule has 2 N–H and O–H groups in total. The smallest absolute Gasteiger partial charge is 0.224 e. The summed E-state index contributed by atoms with van der Waals surface area (Å²) in [4.78, 5) is 12.4. The quantitative estimate of drug-likeness (QED) is 0.667. The van der Waals surface area contributed by atoms with Gasteiger partial charge in [0.1, 0.15) is 5.75 Å². The first-order valence-corrected chi connectivity index (χ1v) is 8.66. The number of rotatable bonds is 10. The molecule has 1 rings (SSSR count). The zero-order chi connectivity index (χ0) is 17.2. The summed E-state index contributed by atoms with van der Waals surface area (Å²) in [5.41, 5.74) is 1.07. The van der Waals surface area contributed by atoms with E-state index in [-0.39, 0.29) is 30.3 Å². The molecule has 0 heterocycles. The van der Waals surface area contributed by atoms with E-state index in [2.05, 4.69) is 37.5 Å². The summed E-state index contributed by atoms with van der Waals surface area (Å²) in [5.74, 6) is 1.38. The molecular formula is C19H33ClN2O2. The summed E-state index contributed by atoms with van der Waals surface area (Å²) in [6, 6.07) is 8.01. The normalized spacial score (nSPS) is 13.1. The number of hydrogen-bond donors (Lipinski definition) is 2. The third kappa shape index (κ3) is 7.54. The molecule has 0 bridgehead atoms. The predicted molar refractivity (Wildman–Crippen MR) is 103 cm³/mol. The summed E-state index contributed by atoms with van der Waals surface area (Å²) in [7, 11) is 1.86. The minimum absolute atomic E-state index is 0. The minimum atomic E-state index is -0.0571. The first-order valence-electron chi connectivity index (χ1n) is 8.66. The zero-order valence-corrected chi connectivity index (χ0v) is 16.4. The lowest BCUT2D eigenvalue weighted by Gasteiger charge is -2.25. The van der Waals surface area contributed by atoms with Crippen molar-refractivity contribution in [2.45, 2.75) is 46.6 Å². The first-order chi connectivity index (χ1) is 11.0. The van der Waals surface area contributed by atoms with E-state index in [0.29, 0.717) is 19.1 Å². The third-order valence-electron chi connectivity index (χ3n) is 3.74. The van der Waals surface area contributed by atoms with Crippen LogP contribution in [0.4, 0.5) is 0 Å². The van der Waals surface area contributed by atoms with Crippen LogP contribution in [0.25, 0.3) is 0 Å². The molecule has 0 aromatic heterocycles. The van der Waals surface area contributed by atoms with Crippen LogP contribution >= 0.6 is 12.4 Å². The van der Waals surface area contributed by atoms with Gasteiger partial charge in [0.15, 0.2) is 0 Å². The third-order valence-corrected chi connectivity index (χ3v) is 3.74. The Labute approximate surface area is 153 Å². The molecule has 4 nitrogen and oxygen atoms in total. The van der Waals surface area contributed by atoms with Crippen molar-refractivity contribution in [2.24, 2.45) is 11.8 Å². The van der Waals surface area contributed by atoms with E-state index >= 15 is 0 Å². The largest absolute Gasteiger partial charge is 0.493 e. The molecule has 5 heteroatoms. The van der Waals surface area contributed by atoms with Crippen molar-refractivity contribution < 1.29 is 9.53 Å². The van der Waals surface area contributed by atoms with E-state index in [1.807, 2.05) is 32.2 Å². The van der Waals surface area contributed by atoms with Gasteiger partial charge in [0.2, 0.25) is 5.91 Å². The van der Waals surface area contributed by atoms with Crippen molar-refractivity contribution in [3.8, 4) is 5.75 Å². The van der Waals surface area contributed by atoms with Crippen LogP contribution in [0.15, 0.2) is 24.3 Å². The van der Waals surface area contributed by atoms with Gasteiger partial charge in [-0.25, -0.2) is 0 Å². The summed E-state index contributed by atoms with van der Waals surface area (Å²) in [6.07, 6.45) is 1.86. The second-order valence-corrected chi connectivity index (χ2v) is 6.54. The second-order valence-electron chi connectivity index (χ2n) is 6.54. The number of amides is 1. The Morgan fingerprint density at radius 1 is 1.21 bits per heavy atom. The van der Waals surface area contributed by atoms with Crippen LogP contribution in [-0.4, -0.2) is 26.1 Å². The van der Waals surface area contributed by atoms with Gasteiger partial charge in [-0.05, 0) is 31.9 Å². The molecule has 2 atom stereocenters. The molecule has 0 saturated carbocycles. The van der Waals surface area contributed by atoms with Crippen molar-refractivity contribution in [2.75, 3.05) is 20.2 Å². The SMILES string of the molecule is CCCOc1ccccc1C(CC(C)C)NC(=O)C(C)CNC.Cl. The van der Waals surface area contributed by atoms with Gasteiger partial charge in [-0.3, -0.25) is 4.79 Å². The summed E-state index contributed by atoms with van der Waals surface area (Å²) >= 11 is 0. The summed E-state index contributed by atoms with van der Waals surface area (Å²) < 4.78 is 5.87. The Bertz CT molecular complexity index is 480. The number of ether oxygens (including phenoxy) is 1. The highest BCUT2D eigenvalue weighted by Gasteiger charge is 2.22. The molecule has 138 valence electrons. The summed E-state index contributed by atoms with van der Waals surface area (Å²) in [6.45, 7) is 9.74. The topological polar surface area (TPSA) is 50.4 Å². The van der Waals surface area contributed by atoms with Gasteiger partial charge >= 0.3 is 0 Å². The Morgan fingerprint density at radius 3 is 2.46 bits per heavy atom. The molecule has 1 aromatic rings. The lowest BCUT2D eigenvalue weighted by molar-refractivity contribution is -0.125. The molecule has 0 saturated heterocycles. The maximum Gasteiger partial charge on any atom is 0.224 e. The van der Waals surface area contributed by atoms with Crippen molar-refractivity contribution in [1.29, 1.82) is 0 Å². The summed E-state index contributed by atoms with van der Waals surface area (Å²) in [5, 5.41) is 6.26. The Balaban J connectivity index is 0.00000529. The van der Waals surface area contributed by atoms with E-state index in [4.69, 9.17) is 4.74 Å². The van der Waals surface area contributed by atoms with Gasteiger partial charge in [-0.15, -0.1) is 12.4 Å². The number of nitrogens with one attached hydrogen (secondary N) is 2. The Kier molecular flexibility index (Phi) is 11.5. The first kappa shape index (κ1) is 22.7.